The fourth-order valence-corrected chi connectivity index (χ4v) is 2.31. The van der Waals surface area contributed by atoms with Crippen molar-refractivity contribution in [1.82, 2.24) is 14.5 Å². The Morgan fingerprint density at radius 2 is 2.26 bits per heavy atom. The molecule has 0 aromatic carbocycles. The zero-order chi connectivity index (χ0) is 13.8. The number of hydrogen-bond acceptors (Lipinski definition) is 5. The van der Waals surface area contributed by atoms with Crippen molar-refractivity contribution in [2.45, 2.75) is 19.6 Å². The summed E-state index contributed by atoms with van der Waals surface area (Å²) in [4.78, 5) is 20.6. The Kier molecular flexibility index (Phi) is 2.13. The van der Waals surface area contributed by atoms with Crippen LogP contribution in [0.4, 0.5) is 0 Å². The summed E-state index contributed by atoms with van der Waals surface area (Å²) in [5.74, 6) is 0.190. The molecular formula is C13H10N4O2. The zero-order valence-electron chi connectivity index (χ0n) is 10.4. The SMILES string of the molecule is CC1=C(C#N)c2nc3cnccc3c(=O)n2[C@]1(C)O. The van der Waals surface area contributed by atoms with Crippen LogP contribution in [0, 0.1) is 11.3 Å². The molecule has 1 aliphatic heterocycles. The van der Waals surface area contributed by atoms with Crippen molar-refractivity contribution in [3.63, 3.8) is 0 Å². The largest absolute Gasteiger partial charge is 0.367 e. The van der Waals surface area contributed by atoms with E-state index in [0.717, 1.165) is 4.57 Å². The Labute approximate surface area is 108 Å². The molecule has 6 nitrogen and oxygen atoms in total. The first-order valence-electron chi connectivity index (χ1n) is 5.70. The third-order valence-electron chi connectivity index (χ3n) is 3.53. The molecule has 0 unspecified atom stereocenters. The van der Waals surface area contributed by atoms with E-state index >= 15 is 0 Å². The Morgan fingerprint density at radius 1 is 1.53 bits per heavy atom. The summed E-state index contributed by atoms with van der Waals surface area (Å²) < 4.78 is 1.16. The van der Waals surface area contributed by atoms with Gasteiger partial charge in [0.2, 0.25) is 0 Å². The highest BCUT2D eigenvalue weighted by Crippen LogP contribution is 2.36. The molecule has 0 aliphatic carbocycles. The fourth-order valence-electron chi connectivity index (χ4n) is 2.31. The van der Waals surface area contributed by atoms with Crippen molar-refractivity contribution in [3.05, 3.63) is 40.2 Å². The molecule has 0 spiro atoms. The molecule has 0 radical (unpaired) electrons. The summed E-state index contributed by atoms with van der Waals surface area (Å²) in [5.41, 5.74) is -0.841. The van der Waals surface area contributed by atoms with Crippen LogP contribution in [0.5, 0.6) is 0 Å². The average molecular weight is 254 g/mol. The van der Waals surface area contributed by atoms with Gasteiger partial charge in [0.1, 0.15) is 6.07 Å². The van der Waals surface area contributed by atoms with Crippen LogP contribution in [0.15, 0.2) is 28.8 Å². The van der Waals surface area contributed by atoms with Crippen LogP contribution in [0.3, 0.4) is 0 Å². The summed E-state index contributed by atoms with van der Waals surface area (Å²) in [6.07, 6.45) is 2.96. The molecule has 1 N–H and O–H groups in total. The fraction of sp³-hybridized carbons (Fsp3) is 0.231. The number of fused-ring (bicyclic) bond motifs is 2. The van der Waals surface area contributed by atoms with E-state index in [1.54, 1.807) is 13.0 Å². The molecule has 2 aromatic rings. The predicted molar refractivity (Wildman–Crippen MR) is 67.9 cm³/mol. The van der Waals surface area contributed by atoms with Crippen LogP contribution in [0.25, 0.3) is 16.5 Å². The normalized spacial score (nSPS) is 21.6. The third kappa shape index (κ3) is 1.30. The lowest BCUT2D eigenvalue weighted by molar-refractivity contribution is 0.0229. The number of rotatable bonds is 0. The van der Waals surface area contributed by atoms with Crippen LogP contribution >= 0.6 is 0 Å². The van der Waals surface area contributed by atoms with Gasteiger partial charge in [-0.15, -0.1) is 0 Å². The first-order valence-corrected chi connectivity index (χ1v) is 5.70. The highest BCUT2D eigenvalue weighted by Gasteiger charge is 2.39. The summed E-state index contributed by atoms with van der Waals surface area (Å²) >= 11 is 0. The number of pyridine rings is 1. The van der Waals surface area contributed by atoms with Gasteiger partial charge in [-0.1, -0.05) is 0 Å². The smallest absolute Gasteiger partial charge is 0.264 e. The maximum Gasteiger partial charge on any atom is 0.264 e. The molecule has 0 bridgehead atoms. The Hall–Kier alpha value is -2.52. The van der Waals surface area contributed by atoms with Crippen LogP contribution in [-0.4, -0.2) is 19.6 Å². The van der Waals surface area contributed by atoms with Gasteiger partial charge in [-0.2, -0.15) is 5.26 Å². The maximum absolute atomic E-state index is 12.4. The van der Waals surface area contributed by atoms with Crippen molar-refractivity contribution < 1.29 is 5.11 Å². The Balaban J connectivity index is 2.54. The number of aliphatic hydroxyl groups is 1. The second-order valence-electron chi connectivity index (χ2n) is 4.60. The molecule has 0 saturated heterocycles. The van der Waals surface area contributed by atoms with Gasteiger partial charge < -0.3 is 5.11 Å². The van der Waals surface area contributed by atoms with Crippen molar-refractivity contribution >= 4 is 16.5 Å². The van der Waals surface area contributed by atoms with Crippen LogP contribution in [-0.2, 0) is 5.72 Å². The van der Waals surface area contributed by atoms with E-state index < -0.39 is 5.72 Å². The third-order valence-corrected chi connectivity index (χ3v) is 3.53. The van der Waals surface area contributed by atoms with Crippen molar-refractivity contribution in [2.24, 2.45) is 0 Å². The van der Waals surface area contributed by atoms with Gasteiger partial charge in [0, 0.05) is 11.8 Å². The van der Waals surface area contributed by atoms with Gasteiger partial charge in [-0.3, -0.25) is 14.3 Å². The van der Waals surface area contributed by atoms with Crippen LogP contribution in [0.1, 0.15) is 19.7 Å². The van der Waals surface area contributed by atoms with Gasteiger partial charge in [0.15, 0.2) is 11.5 Å². The quantitative estimate of drug-likeness (QED) is 0.749. The van der Waals surface area contributed by atoms with E-state index in [4.69, 9.17) is 0 Å². The van der Waals surface area contributed by atoms with E-state index in [0.29, 0.717) is 16.5 Å². The summed E-state index contributed by atoms with van der Waals surface area (Å²) in [6, 6.07) is 3.54. The van der Waals surface area contributed by atoms with E-state index in [2.05, 4.69) is 9.97 Å². The second kappa shape index (κ2) is 3.49. The summed E-state index contributed by atoms with van der Waals surface area (Å²) in [7, 11) is 0. The van der Waals surface area contributed by atoms with E-state index in [1.807, 2.05) is 6.07 Å². The molecule has 1 aliphatic rings. The van der Waals surface area contributed by atoms with E-state index in [1.165, 1.54) is 19.3 Å². The number of nitriles is 1. The Morgan fingerprint density at radius 3 is 2.95 bits per heavy atom. The molecule has 6 heteroatoms. The van der Waals surface area contributed by atoms with Crippen molar-refractivity contribution in [3.8, 4) is 6.07 Å². The molecule has 19 heavy (non-hydrogen) atoms. The van der Waals surface area contributed by atoms with Gasteiger partial charge in [0.25, 0.3) is 5.56 Å². The number of nitrogens with zero attached hydrogens (tertiary/aromatic N) is 4. The van der Waals surface area contributed by atoms with E-state index in [-0.39, 0.29) is 17.0 Å². The van der Waals surface area contributed by atoms with Crippen LogP contribution < -0.4 is 5.56 Å². The predicted octanol–water partition coefficient (Wildman–Crippen LogP) is 0.767. The molecule has 3 rings (SSSR count). The zero-order valence-corrected chi connectivity index (χ0v) is 10.4. The number of aromatic nitrogens is 3. The molecule has 0 amide bonds. The molecule has 94 valence electrons. The topological polar surface area (TPSA) is 91.8 Å². The monoisotopic (exact) mass is 254 g/mol. The van der Waals surface area contributed by atoms with Gasteiger partial charge in [-0.25, -0.2) is 4.98 Å². The minimum atomic E-state index is -1.53. The lowest BCUT2D eigenvalue weighted by atomic mass is 10.1. The lowest BCUT2D eigenvalue weighted by Crippen LogP contribution is -2.38. The first kappa shape index (κ1) is 11.6. The first-order chi connectivity index (χ1) is 8.98. The summed E-state index contributed by atoms with van der Waals surface area (Å²) in [6.45, 7) is 3.10. The lowest BCUT2D eigenvalue weighted by Gasteiger charge is -2.22. The molecule has 0 fully saturated rings. The molecule has 3 heterocycles. The van der Waals surface area contributed by atoms with Gasteiger partial charge in [-0.05, 0) is 19.9 Å². The van der Waals surface area contributed by atoms with Crippen LogP contribution in [0.2, 0.25) is 0 Å². The number of allylic oxidation sites excluding steroid dienone is 1. The molecule has 2 aromatic heterocycles. The summed E-state index contributed by atoms with van der Waals surface area (Å²) in [5, 5.41) is 20.0. The molecular weight excluding hydrogens is 244 g/mol. The Bertz CT molecular complexity index is 840. The molecule has 1 atom stereocenters. The minimum absolute atomic E-state index is 0.190. The van der Waals surface area contributed by atoms with E-state index in [9.17, 15) is 15.2 Å². The average Bonchev–Trinajstić information content (AvgIpc) is 2.57. The van der Waals surface area contributed by atoms with Crippen molar-refractivity contribution in [2.75, 3.05) is 0 Å². The van der Waals surface area contributed by atoms with Gasteiger partial charge >= 0.3 is 0 Å². The number of hydrogen-bond donors (Lipinski definition) is 1. The van der Waals surface area contributed by atoms with Gasteiger partial charge in [0.05, 0.1) is 22.7 Å². The standard InChI is InChI=1S/C13H10N4O2/c1-7-9(5-14)11-16-10-6-15-4-3-8(10)12(18)17(11)13(7,2)19/h3-4,6,19H,1-2H3/t13-/m1/s1. The van der Waals surface area contributed by atoms with Crippen molar-refractivity contribution in [1.29, 1.82) is 5.26 Å². The maximum atomic E-state index is 12.4. The molecule has 0 saturated carbocycles. The highest BCUT2D eigenvalue weighted by atomic mass is 16.3. The second-order valence-corrected chi connectivity index (χ2v) is 4.60. The highest BCUT2D eigenvalue weighted by molar-refractivity contribution is 5.84. The minimum Gasteiger partial charge on any atom is -0.367 e.